The van der Waals surface area contributed by atoms with Gasteiger partial charge in [0.2, 0.25) is 15.9 Å². The van der Waals surface area contributed by atoms with Crippen LogP contribution < -0.4 is 5.32 Å². The van der Waals surface area contributed by atoms with E-state index in [1.54, 1.807) is 0 Å². The maximum Gasteiger partial charge on any atom is 0.417 e. The molecule has 146 valence electrons. The second kappa shape index (κ2) is 7.19. The molecule has 9 heteroatoms. The molecule has 1 saturated heterocycles. The normalized spacial score (nSPS) is 17.9. The summed E-state index contributed by atoms with van der Waals surface area (Å²) in [5, 5.41) is 2.85. The summed E-state index contributed by atoms with van der Waals surface area (Å²) in [4.78, 5) is 11.5. The lowest BCUT2D eigenvalue weighted by molar-refractivity contribution is -0.139. The summed E-state index contributed by atoms with van der Waals surface area (Å²) in [5.74, 6) is -0.510. The summed E-state index contributed by atoms with van der Waals surface area (Å²) in [7, 11) is -4.28. The molecule has 1 heterocycles. The monoisotopic (exact) mass is 392 g/mol. The van der Waals surface area contributed by atoms with E-state index in [1.165, 1.54) is 6.07 Å². The lowest BCUT2D eigenvalue weighted by Crippen LogP contribution is -2.48. The van der Waals surface area contributed by atoms with Gasteiger partial charge in [0, 0.05) is 24.5 Å². The van der Waals surface area contributed by atoms with Gasteiger partial charge in [-0.25, -0.2) is 8.42 Å². The first kappa shape index (κ1) is 20.7. The maximum atomic E-state index is 13.1. The topological polar surface area (TPSA) is 66.5 Å². The molecule has 5 nitrogen and oxygen atoms in total. The van der Waals surface area contributed by atoms with Crippen LogP contribution in [0, 0.1) is 5.92 Å². The van der Waals surface area contributed by atoms with Crippen molar-refractivity contribution in [2.24, 2.45) is 5.92 Å². The van der Waals surface area contributed by atoms with Crippen molar-refractivity contribution in [3.8, 4) is 0 Å². The average molecular weight is 392 g/mol. The van der Waals surface area contributed by atoms with Gasteiger partial charge in [-0.3, -0.25) is 4.79 Å². The molecule has 2 rings (SSSR count). The number of rotatable bonds is 3. The number of carbonyl (C=O) groups excluding carboxylic acids is 1. The Balaban J connectivity index is 2.16. The van der Waals surface area contributed by atoms with Crippen LogP contribution in [0.2, 0.25) is 0 Å². The third-order valence-electron chi connectivity index (χ3n) is 4.13. The van der Waals surface area contributed by atoms with Gasteiger partial charge in [0.05, 0.1) is 10.5 Å². The minimum atomic E-state index is -4.76. The van der Waals surface area contributed by atoms with Gasteiger partial charge < -0.3 is 5.32 Å². The van der Waals surface area contributed by atoms with E-state index >= 15 is 0 Å². The smallest absolute Gasteiger partial charge is 0.351 e. The van der Waals surface area contributed by atoms with Gasteiger partial charge >= 0.3 is 6.18 Å². The predicted octanol–water partition coefficient (Wildman–Crippen LogP) is 3.02. The van der Waals surface area contributed by atoms with Gasteiger partial charge in [-0.1, -0.05) is 12.1 Å². The summed E-state index contributed by atoms with van der Waals surface area (Å²) < 4.78 is 65.8. The van der Waals surface area contributed by atoms with Crippen LogP contribution in [0.3, 0.4) is 0 Å². The van der Waals surface area contributed by atoms with Crippen LogP contribution >= 0.6 is 0 Å². The van der Waals surface area contributed by atoms with E-state index in [9.17, 15) is 26.4 Å². The molecule has 1 aromatic rings. The summed E-state index contributed by atoms with van der Waals surface area (Å²) in [6.07, 6.45) is -4.21. The summed E-state index contributed by atoms with van der Waals surface area (Å²) in [6, 6.07) is 4.16. The number of hydrogen-bond acceptors (Lipinski definition) is 3. The molecule has 1 aliphatic heterocycles. The number of piperidine rings is 1. The molecule has 1 aromatic carbocycles. The van der Waals surface area contributed by atoms with E-state index in [0.717, 1.165) is 22.5 Å². The van der Waals surface area contributed by atoms with E-state index in [-0.39, 0.29) is 37.8 Å². The predicted molar refractivity (Wildman–Crippen MR) is 90.8 cm³/mol. The lowest BCUT2D eigenvalue weighted by atomic mass is 9.96. The zero-order valence-corrected chi connectivity index (χ0v) is 15.7. The van der Waals surface area contributed by atoms with Gasteiger partial charge in [-0.2, -0.15) is 17.5 Å². The molecule has 0 aliphatic carbocycles. The summed E-state index contributed by atoms with van der Waals surface area (Å²) >= 11 is 0. The largest absolute Gasteiger partial charge is 0.417 e. The molecule has 0 aromatic heterocycles. The minimum absolute atomic E-state index is 0.0107. The first-order valence-electron chi connectivity index (χ1n) is 8.31. The van der Waals surface area contributed by atoms with Crippen molar-refractivity contribution in [3.63, 3.8) is 0 Å². The lowest BCUT2D eigenvalue weighted by Gasteiger charge is -2.32. The third kappa shape index (κ3) is 4.76. The molecule has 1 fully saturated rings. The van der Waals surface area contributed by atoms with Crippen LogP contribution in [-0.2, 0) is 21.0 Å². The van der Waals surface area contributed by atoms with Gasteiger partial charge in [0.15, 0.2) is 0 Å². The number of alkyl halides is 3. The molecule has 0 saturated carbocycles. The Kier molecular flexibility index (Phi) is 5.72. The number of hydrogen-bond donors (Lipinski definition) is 1. The Bertz CT molecular complexity index is 762. The fourth-order valence-corrected chi connectivity index (χ4v) is 4.58. The van der Waals surface area contributed by atoms with Gasteiger partial charge in [-0.15, -0.1) is 0 Å². The number of sulfonamides is 1. The molecule has 0 spiro atoms. The number of carbonyl (C=O) groups is 1. The van der Waals surface area contributed by atoms with Gasteiger partial charge in [0.1, 0.15) is 0 Å². The highest BCUT2D eigenvalue weighted by atomic mass is 32.2. The van der Waals surface area contributed by atoms with Crippen LogP contribution in [0.4, 0.5) is 13.2 Å². The fourth-order valence-electron chi connectivity index (χ4n) is 2.89. The standard InChI is InChI=1S/C17H23F3N2O3S/c1-16(2,3)21-15(23)12-8-10-22(11-9-12)26(24,25)14-7-5-4-6-13(14)17(18,19)20/h4-7,12H,8-11H2,1-3H3,(H,21,23). The molecule has 1 amide bonds. The third-order valence-corrected chi connectivity index (χ3v) is 6.09. The Morgan fingerprint density at radius 2 is 1.65 bits per heavy atom. The zero-order valence-electron chi connectivity index (χ0n) is 14.9. The zero-order chi connectivity index (χ0) is 19.8. The second-order valence-electron chi connectivity index (χ2n) is 7.41. The molecule has 0 radical (unpaired) electrons. The van der Waals surface area contributed by atoms with Crippen LogP contribution in [0.5, 0.6) is 0 Å². The van der Waals surface area contributed by atoms with Crippen molar-refractivity contribution >= 4 is 15.9 Å². The Labute approximate surface area is 151 Å². The molecule has 0 atom stereocenters. The SMILES string of the molecule is CC(C)(C)NC(=O)C1CCN(S(=O)(=O)c2ccccc2C(F)(F)F)CC1. The van der Waals surface area contributed by atoms with E-state index in [2.05, 4.69) is 5.32 Å². The van der Waals surface area contributed by atoms with E-state index in [1.807, 2.05) is 20.8 Å². The molecule has 0 bridgehead atoms. The van der Waals surface area contributed by atoms with Gasteiger partial charge in [-0.05, 0) is 45.7 Å². The molecule has 26 heavy (non-hydrogen) atoms. The van der Waals surface area contributed by atoms with E-state index < -0.39 is 32.2 Å². The number of nitrogens with one attached hydrogen (secondary N) is 1. The maximum absolute atomic E-state index is 13.1. The molecule has 0 unspecified atom stereocenters. The van der Waals surface area contributed by atoms with Crippen molar-refractivity contribution in [2.75, 3.05) is 13.1 Å². The number of amides is 1. The fraction of sp³-hybridized carbons (Fsp3) is 0.588. The Morgan fingerprint density at radius 3 is 2.15 bits per heavy atom. The highest BCUT2D eigenvalue weighted by Gasteiger charge is 2.40. The number of nitrogens with zero attached hydrogens (tertiary/aromatic N) is 1. The Hall–Kier alpha value is -1.61. The van der Waals surface area contributed by atoms with Gasteiger partial charge in [0.25, 0.3) is 0 Å². The van der Waals surface area contributed by atoms with Crippen molar-refractivity contribution in [1.82, 2.24) is 9.62 Å². The van der Waals surface area contributed by atoms with E-state index in [0.29, 0.717) is 0 Å². The minimum Gasteiger partial charge on any atom is -0.351 e. The number of benzene rings is 1. The summed E-state index contributed by atoms with van der Waals surface area (Å²) in [6.45, 7) is 5.56. The molecule has 1 aliphatic rings. The molecular weight excluding hydrogens is 369 g/mol. The van der Waals surface area contributed by atoms with E-state index in [4.69, 9.17) is 0 Å². The van der Waals surface area contributed by atoms with Crippen molar-refractivity contribution in [3.05, 3.63) is 29.8 Å². The second-order valence-corrected chi connectivity index (χ2v) is 9.32. The summed E-state index contributed by atoms with van der Waals surface area (Å²) in [5.41, 5.74) is -1.57. The quantitative estimate of drug-likeness (QED) is 0.860. The van der Waals surface area contributed by atoms with Crippen LogP contribution in [0.1, 0.15) is 39.2 Å². The highest BCUT2D eigenvalue weighted by molar-refractivity contribution is 7.89. The average Bonchev–Trinajstić information content (AvgIpc) is 2.52. The number of halogens is 3. The van der Waals surface area contributed by atoms with Crippen molar-refractivity contribution in [2.45, 2.75) is 50.2 Å². The van der Waals surface area contributed by atoms with Crippen molar-refractivity contribution < 1.29 is 26.4 Å². The Morgan fingerprint density at radius 1 is 1.12 bits per heavy atom. The molecular formula is C17H23F3N2O3S. The first-order chi connectivity index (χ1) is 11.8. The molecule has 1 N–H and O–H groups in total. The highest BCUT2D eigenvalue weighted by Crippen LogP contribution is 2.36. The van der Waals surface area contributed by atoms with Crippen molar-refractivity contribution in [1.29, 1.82) is 0 Å². The van der Waals surface area contributed by atoms with Crippen LogP contribution in [-0.4, -0.2) is 37.3 Å². The van der Waals surface area contributed by atoms with Crippen LogP contribution in [0.25, 0.3) is 0 Å². The first-order valence-corrected chi connectivity index (χ1v) is 9.75. The van der Waals surface area contributed by atoms with Crippen LogP contribution in [0.15, 0.2) is 29.2 Å².